The van der Waals surface area contributed by atoms with Crippen molar-refractivity contribution in [1.82, 2.24) is 5.32 Å². The van der Waals surface area contributed by atoms with Gasteiger partial charge < -0.3 is 5.32 Å². The lowest BCUT2D eigenvalue weighted by molar-refractivity contribution is 0.348. The van der Waals surface area contributed by atoms with Crippen LogP contribution >= 0.6 is 11.6 Å². The summed E-state index contributed by atoms with van der Waals surface area (Å²) in [4.78, 5) is 0. The van der Waals surface area contributed by atoms with E-state index in [1.807, 2.05) is 0 Å². The fourth-order valence-electron chi connectivity index (χ4n) is 2.51. The zero-order valence-electron chi connectivity index (χ0n) is 10.3. The molecule has 0 aromatic heterocycles. The van der Waals surface area contributed by atoms with Crippen molar-refractivity contribution in [1.29, 1.82) is 0 Å². The Morgan fingerprint density at radius 1 is 1.11 bits per heavy atom. The van der Waals surface area contributed by atoms with Crippen LogP contribution < -0.4 is 5.32 Å². The molecule has 0 aliphatic heterocycles. The van der Waals surface area contributed by atoms with Gasteiger partial charge in [-0.05, 0) is 43.0 Å². The molecule has 2 rings (SSSR count). The molecule has 0 bridgehead atoms. The second-order valence-electron chi connectivity index (χ2n) is 4.97. The Morgan fingerprint density at radius 2 is 1.78 bits per heavy atom. The molecule has 1 saturated carbocycles. The van der Waals surface area contributed by atoms with Crippen molar-refractivity contribution >= 4 is 11.6 Å². The number of hydrogen-bond acceptors (Lipinski definition) is 1. The van der Waals surface area contributed by atoms with Crippen LogP contribution in [-0.4, -0.2) is 11.9 Å². The van der Waals surface area contributed by atoms with Crippen molar-refractivity contribution in [2.45, 2.75) is 37.6 Å². The summed E-state index contributed by atoms with van der Waals surface area (Å²) in [6.45, 7) is 1.29. The summed E-state index contributed by atoms with van der Waals surface area (Å²) < 4.78 is 26.0. The third-order valence-electron chi connectivity index (χ3n) is 3.47. The molecule has 1 aliphatic carbocycles. The first-order valence-corrected chi connectivity index (χ1v) is 6.88. The van der Waals surface area contributed by atoms with Crippen molar-refractivity contribution in [2.24, 2.45) is 5.92 Å². The molecule has 1 fully saturated rings. The predicted octanol–water partition coefficient (Wildman–Crippen LogP) is 3.85. The Morgan fingerprint density at radius 3 is 2.44 bits per heavy atom. The van der Waals surface area contributed by atoms with E-state index in [4.69, 9.17) is 11.6 Å². The number of alkyl halides is 1. The molecule has 1 aromatic rings. The standard InChI is InChI=1S/C14H18ClF2N/c15-14-4-2-1-3-11(14)9-18-8-10-5-12(16)7-13(17)6-10/h5-7,11,14,18H,1-4,8-9H2. The van der Waals surface area contributed by atoms with Gasteiger partial charge >= 0.3 is 0 Å². The Labute approximate surface area is 112 Å². The van der Waals surface area contributed by atoms with Crippen molar-refractivity contribution in [3.05, 3.63) is 35.4 Å². The minimum Gasteiger partial charge on any atom is -0.312 e. The quantitative estimate of drug-likeness (QED) is 0.822. The first kappa shape index (κ1) is 13.8. The van der Waals surface area contributed by atoms with E-state index in [2.05, 4.69) is 5.32 Å². The lowest BCUT2D eigenvalue weighted by atomic mass is 9.89. The van der Waals surface area contributed by atoms with E-state index in [9.17, 15) is 8.78 Å². The van der Waals surface area contributed by atoms with E-state index in [1.165, 1.54) is 25.0 Å². The van der Waals surface area contributed by atoms with Gasteiger partial charge in [-0.2, -0.15) is 0 Å². The van der Waals surface area contributed by atoms with E-state index in [0.29, 0.717) is 18.0 Å². The molecular formula is C14H18ClF2N. The SMILES string of the molecule is Fc1cc(F)cc(CNCC2CCCCC2Cl)c1. The predicted molar refractivity (Wildman–Crippen MR) is 69.7 cm³/mol. The van der Waals surface area contributed by atoms with Crippen LogP contribution in [0.3, 0.4) is 0 Å². The zero-order valence-corrected chi connectivity index (χ0v) is 11.0. The highest BCUT2D eigenvalue weighted by molar-refractivity contribution is 6.20. The zero-order chi connectivity index (χ0) is 13.0. The van der Waals surface area contributed by atoms with Crippen molar-refractivity contribution in [3.8, 4) is 0 Å². The van der Waals surface area contributed by atoms with Gasteiger partial charge in [-0.25, -0.2) is 8.78 Å². The van der Waals surface area contributed by atoms with Gasteiger partial charge in [0.15, 0.2) is 0 Å². The molecule has 0 amide bonds. The van der Waals surface area contributed by atoms with Gasteiger partial charge in [0.05, 0.1) is 0 Å². The highest BCUT2D eigenvalue weighted by Crippen LogP contribution is 2.28. The molecule has 4 heteroatoms. The van der Waals surface area contributed by atoms with Crippen LogP contribution in [0, 0.1) is 17.6 Å². The lowest BCUT2D eigenvalue weighted by Gasteiger charge is -2.27. The van der Waals surface area contributed by atoms with Crippen LogP contribution in [0.15, 0.2) is 18.2 Å². The lowest BCUT2D eigenvalue weighted by Crippen LogP contribution is -2.30. The van der Waals surface area contributed by atoms with Crippen LogP contribution in [0.1, 0.15) is 31.2 Å². The molecule has 1 N–H and O–H groups in total. The molecule has 0 radical (unpaired) electrons. The third-order valence-corrected chi connectivity index (χ3v) is 4.05. The number of nitrogens with one attached hydrogen (secondary N) is 1. The summed E-state index contributed by atoms with van der Waals surface area (Å²) in [5.74, 6) is -0.585. The monoisotopic (exact) mass is 273 g/mol. The number of rotatable bonds is 4. The van der Waals surface area contributed by atoms with E-state index < -0.39 is 11.6 Å². The van der Waals surface area contributed by atoms with Gasteiger partial charge in [0.2, 0.25) is 0 Å². The summed E-state index contributed by atoms with van der Waals surface area (Å²) in [7, 11) is 0. The maximum atomic E-state index is 13.0. The molecule has 2 atom stereocenters. The van der Waals surface area contributed by atoms with Crippen LogP contribution in [-0.2, 0) is 6.54 Å². The van der Waals surface area contributed by atoms with Crippen molar-refractivity contribution < 1.29 is 8.78 Å². The fraction of sp³-hybridized carbons (Fsp3) is 0.571. The highest BCUT2D eigenvalue weighted by atomic mass is 35.5. The number of benzene rings is 1. The van der Waals surface area contributed by atoms with Gasteiger partial charge in [0.1, 0.15) is 11.6 Å². The summed E-state index contributed by atoms with van der Waals surface area (Å²) in [5, 5.41) is 3.47. The molecule has 1 nitrogen and oxygen atoms in total. The molecule has 0 spiro atoms. The minimum atomic E-state index is -0.528. The molecule has 100 valence electrons. The average molecular weight is 274 g/mol. The maximum Gasteiger partial charge on any atom is 0.126 e. The molecule has 2 unspecified atom stereocenters. The molecule has 18 heavy (non-hydrogen) atoms. The minimum absolute atomic E-state index is 0.232. The van der Waals surface area contributed by atoms with Crippen molar-refractivity contribution in [3.63, 3.8) is 0 Å². The van der Waals surface area contributed by atoms with Crippen LogP contribution in [0.25, 0.3) is 0 Å². The third kappa shape index (κ3) is 3.92. The van der Waals surface area contributed by atoms with Gasteiger partial charge in [0.25, 0.3) is 0 Å². The van der Waals surface area contributed by atoms with E-state index in [-0.39, 0.29) is 5.38 Å². The van der Waals surface area contributed by atoms with E-state index in [1.54, 1.807) is 0 Å². The molecule has 0 saturated heterocycles. The van der Waals surface area contributed by atoms with E-state index in [0.717, 1.165) is 25.5 Å². The normalized spacial score (nSPS) is 24.2. The van der Waals surface area contributed by atoms with Crippen LogP contribution in [0.5, 0.6) is 0 Å². The molecular weight excluding hydrogens is 256 g/mol. The number of hydrogen-bond donors (Lipinski definition) is 1. The Hall–Kier alpha value is -0.670. The summed E-state index contributed by atoms with van der Waals surface area (Å²) >= 11 is 6.25. The van der Waals surface area contributed by atoms with Gasteiger partial charge in [-0.3, -0.25) is 0 Å². The fourth-order valence-corrected chi connectivity index (χ4v) is 2.88. The first-order valence-electron chi connectivity index (χ1n) is 6.45. The van der Waals surface area contributed by atoms with Gasteiger partial charge in [-0.1, -0.05) is 12.8 Å². The Balaban J connectivity index is 1.80. The van der Waals surface area contributed by atoms with E-state index >= 15 is 0 Å². The summed E-state index contributed by atoms with van der Waals surface area (Å²) in [5.41, 5.74) is 0.634. The highest BCUT2D eigenvalue weighted by Gasteiger charge is 2.22. The van der Waals surface area contributed by atoms with Crippen molar-refractivity contribution in [2.75, 3.05) is 6.54 Å². The molecule has 1 aromatic carbocycles. The smallest absolute Gasteiger partial charge is 0.126 e. The Kier molecular flexibility index (Phi) is 4.95. The molecule has 0 heterocycles. The summed E-state index contributed by atoms with van der Waals surface area (Å²) in [6, 6.07) is 3.60. The average Bonchev–Trinajstić information content (AvgIpc) is 2.30. The second-order valence-corrected chi connectivity index (χ2v) is 5.53. The van der Waals surface area contributed by atoms with Gasteiger partial charge in [-0.15, -0.1) is 11.6 Å². The first-order chi connectivity index (χ1) is 8.65. The molecule has 1 aliphatic rings. The van der Waals surface area contributed by atoms with Gasteiger partial charge in [0, 0.05) is 18.0 Å². The second kappa shape index (κ2) is 6.48. The van der Waals surface area contributed by atoms with Crippen LogP contribution in [0.2, 0.25) is 0 Å². The summed E-state index contributed by atoms with van der Waals surface area (Å²) in [6.07, 6.45) is 4.64. The number of halogens is 3. The maximum absolute atomic E-state index is 13.0. The topological polar surface area (TPSA) is 12.0 Å². The largest absolute Gasteiger partial charge is 0.312 e. The Bertz CT molecular complexity index is 377. The van der Waals surface area contributed by atoms with Crippen LogP contribution in [0.4, 0.5) is 8.78 Å².